The van der Waals surface area contributed by atoms with Crippen LogP contribution in [0.1, 0.15) is 31.4 Å². The topological polar surface area (TPSA) is 63.3 Å². The van der Waals surface area contributed by atoms with Crippen LogP contribution in [0.15, 0.2) is 24.3 Å². The number of ether oxygens (including phenoxy) is 2. The van der Waals surface area contributed by atoms with Crippen LogP contribution in [0, 0.1) is 0 Å². The lowest BCUT2D eigenvalue weighted by atomic mass is 10.1. The number of aromatic nitrogens is 3. The number of para-hydroxylation sites is 2. The van der Waals surface area contributed by atoms with Gasteiger partial charge in [-0.3, -0.25) is 10.00 Å². The lowest BCUT2D eigenvalue weighted by Gasteiger charge is -2.31. The van der Waals surface area contributed by atoms with Gasteiger partial charge in [0.1, 0.15) is 17.8 Å². The fourth-order valence-corrected chi connectivity index (χ4v) is 2.86. The van der Waals surface area contributed by atoms with Crippen molar-refractivity contribution in [2.45, 2.75) is 38.8 Å². The Morgan fingerprint density at radius 3 is 2.61 bits per heavy atom. The molecule has 0 spiro atoms. The Bertz CT molecular complexity index is 621. The Morgan fingerprint density at radius 2 is 1.96 bits per heavy atom. The van der Waals surface area contributed by atoms with Gasteiger partial charge in [0.25, 0.3) is 0 Å². The van der Waals surface area contributed by atoms with Gasteiger partial charge in [-0.15, -0.1) is 0 Å². The van der Waals surface area contributed by atoms with Crippen LogP contribution in [0.3, 0.4) is 0 Å². The van der Waals surface area contributed by atoms with Crippen molar-refractivity contribution >= 4 is 0 Å². The van der Waals surface area contributed by atoms with Crippen molar-refractivity contribution in [1.29, 1.82) is 0 Å². The maximum atomic E-state index is 6.11. The maximum absolute atomic E-state index is 6.11. The number of likely N-dealkylation sites (tertiary alicyclic amines) is 1. The summed E-state index contributed by atoms with van der Waals surface area (Å²) in [6.45, 7) is 4.89. The molecule has 6 nitrogen and oxygen atoms in total. The molecular weight excluding hydrogens is 292 g/mol. The summed E-state index contributed by atoms with van der Waals surface area (Å²) in [7, 11) is 1.67. The molecule has 1 saturated heterocycles. The molecule has 0 bridgehead atoms. The third-order valence-electron chi connectivity index (χ3n) is 4.16. The number of rotatable bonds is 6. The highest BCUT2D eigenvalue weighted by Gasteiger charge is 2.22. The molecule has 2 heterocycles. The molecule has 1 fully saturated rings. The van der Waals surface area contributed by atoms with E-state index in [1.54, 1.807) is 7.11 Å². The van der Waals surface area contributed by atoms with E-state index in [1.165, 1.54) is 0 Å². The number of benzene rings is 1. The van der Waals surface area contributed by atoms with Gasteiger partial charge in [-0.25, -0.2) is 4.98 Å². The van der Waals surface area contributed by atoms with Gasteiger partial charge in [-0.05, 0) is 25.0 Å². The summed E-state index contributed by atoms with van der Waals surface area (Å²) >= 11 is 0. The number of hydrogen-bond acceptors (Lipinski definition) is 5. The number of H-pyrrole nitrogens is 1. The average molecular weight is 316 g/mol. The highest BCUT2D eigenvalue weighted by atomic mass is 16.5. The van der Waals surface area contributed by atoms with E-state index in [2.05, 4.69) is 27.0 Å². The van der Waals surface area contributed by atoms with E-state index in [4.69, 9.17) is 9.47 Å². The SMILES string of the molecule is CCc1n[nH]c(CN2CCC(Oc3ccccc3OC)CC2)n1. The van der Waals surface area contributed by atoms with Gasteiger partial charge in [0.05, 0.1) is 13.7 Å². The third kappa shape index (κ3) is 4.01. The van der Waals surface area contributed by atoms with E-state index >= 15 is 0 Å². The summed E-state index contributed by atoms with van der Waals surface area (Å²) in [6, 6.07) is 7.82. The van der Waals surface area contributed by atoms with E-state index in [0.29, 0.717) is 0 Å². The van der Waals surface area contributed by atoms with E-state index in [0.717, 1.165) is 62.0 Å². The minimum absolute atomic E-state index is 0.239. The van der Waals surface area contributed by atoms with E-state index < -0.39 is 0 Å². The van der Waals surface area contributed by atoms with Gasteiger partial charge in [0.15, 0.2) is 11.5 Å². The molecule has 124 valence electrons. The van der Waals surface area contributed by atoms with Crippen molar-refractivity contribution < 1.29 is 9.47 Å². The molecule has 6 heteroatoms. The first-order valence-corrected chi connectivity index (χ1v) is 8.20. The molecule has 2 aromatic rings. The number of nitrogens with zero attached hydrogens (tertiary/aromatic N) is 3. The van der Waals surface area contributed by atoms with Gasteiger partial charge >= 0.3 is 0 Å². The van der Waals surface area contributed by atoms with Gasteiger partial charge in [-0.1, -0.05) is 19.1 Å². The van der Waals surface area contributed by atoms with Crippen LogP contribution >= 0.6 is 0 Å². The first-order valence-electron chi connectivity index (χ1n) is 8.20. The lowest BCUT2D eigenvalue weighted by Crippen LogP contribution is -2.38. The van der Waals surface area contributed by atoms with Crippen molar-refractivity contribution in [1.82, 2.24) is 20.1 Å². The minimum atomic E-state index is 0.239. The summed E-state index contributed by atoms with van der Waals surface area (Å²) in [5, 5.41) is 7.21. The Kier molecular flexibility index (Phi) is 5.12. The molecule has 0 radical (unpaired) electrons. The van der Waals surface area contributed by atoms with Gasteiger partial charge in [-0.2, -0.15) is 5.10 Å². The Hall–Kier alpha value is -2.08. The van der Waals surface area contributed by atoms with Crippen LogP contribution in [0.25, 0.3) is 0 Å². The van der Waals surface area contributed by atoms with Crippen LogP contribution < -0.4 is 9.47 Å². The summed E-state index contributed by atoms with van der Waals surface area (Å²) in [4.78, 5) is 6.87. The highest BCUT2D eigenvalue weighted by Crippen LogP contribution is 2.29. The normalized spacial score (nSPS) is 16.4. The largest absolute Gasteiger partial charge is 0.493 e. The fraction of sp³-hybridized carbons (Fsp3) is 0.529. The lowest BCUT2D eigenvalue weighted by molar-refractivity contribution is 0.0930. The second kappa shape index (κ2) is 7.46. The van der Waals surface area contributed by atoms with Crippen molar-refractivity contribution in [3.8, 4) is 11.5 Å². The highest BCUT2D eigenvalue weighted by molar-refractivity contribution is 5.39. The van der Waals surface area contributed by atoms with Crippen LogP contribution in [-0.4, -0.2) is 46.4 Å². The first kappa shape index (κ1) is 15.8. The predicted octanol–water partition coefficient (Wildman–Crippen LogP) is 2.42. The number of nitrogens with one attached hydrogen (secondary N) is 1. The van der Waals surface area contributed by atoms with Crippen molar-refractivity contribution in [3.05, 3.63) is 35.9 Å². The molecule has 0 unspecified atom stereocenters. The van der Waals surface area contributed by atoms with Crippen molar-refractivity contribution in [2.24, 2.45) is 0 Å². The molecule has 0 atom stereocenters. The Balaban J connectivity index is 1.50. The molecule has 1 aromatic heterocycles. The maximum Gasteiger partial charge on any atom is 0.161 e. The van der Waals surface area contributed by atoms with Crippen molar-refractivity contribution in [2.75, 3.05) is 20.2 Å². The molecule has 1 N–H and O–H groups in total. The zero-order valence-electron chi connectivity index (χ0n) is 13.8. The number of aromatic amines is 1. The molecule has 1 aliphatic rings. The zero-order valence-corrected chi connectivity index (χ0v) is 13.8. The molecule has 23 heavy (non-hydrogen) atoms. The molecular formula is C17H24N4O2. The number of methoxy groups -OCH3 is 1. The summed E-state index contributed by atoms with van der Waals surface area (Å²) in [5.74, 6) is 3.46. The zero-order chi connectivity index (χ0) is 16.1. The van der Waals surface area contributed by atoms with E-state index in [1.807, 2.05) is 24.3 Å². The predicted molar refractivity (Wildman–Crippen MR) is 87.7 cm³/mol. The van der Waals surface area contributed by atoms with Crippen LogP contribution in [0.2, 0.25) is 0 Å². The van der Waals surface area contributed by atoms with Crippen LogP contribution in [0.4, 0.5) is 0 Å². The quantitative estimate of drug-likeness (QED) is 0.887. The smallest absolute Gasteiger partial charge is 0.161 e. The Labute approximate surface area is 136 Å². The van der Waals surface area contributed by atoms with E-state index in [9.17, 15) is 0 Å². The molecule has 1 aromatic carbocycles. The fourth-order valence-electron chi connectivity index (χ4n) is 2.86. The summed E-state index contributed by atoms with van der Waals surface area (Å²) in [5.41, 5.74) is 0. The average Bonchev–Trinajstić information content (AvgIpc) is 3.05. The van der Waals surface area contributed by atoms with Crippen molar-refractivity contribution in [3.63, 3.8) is 0 Å². The summed E-state index contributed by atoms with van der Waals surface area (Å²) in [6.07, 6.45) is 3.12. The number of piperidine rings is 1. The van der Waals surface area contributed by atoms with Gasteiger partial charge in [0, 0.05) is 19.5 Å². The van der Waals surface area contributed by atoms with Gasteiger partial charge < -0.3 is 9.47 Å². The second-order valence-corrected chi connectivity index (χ2v) is 5.80. The molecule has 3 rings (SSSR count). The Morgan fingerprint density at radius 1 is 1.22 bits per heavy atom. The minimum Gasteiger partial charge on any atom is -0.493 e. The molecule has 1 aliphatic heterocycles. The third-order valence-corrected chi connectivity index (χ3v) is 4.16. The molecule has 0 aliphatic carbocycles. The van der Waals surface area contributed by atoms with Gasteiger partial charge in [0.2, 0.25) is 0 Å². The molecule has 0 amide bonds. The number of hydrogen-bond donors (Lipinski definition) is 1. The first-order chi connectivity index (χ1) is 11.3. The van der Waals surface area contributed by atoms with Crippen LogP contribution in [-0.2, 0) is 13.0 Å². The summed E-state index contributed by atoms with van der Waals surface area (Å²) < 4.78 is 11.5. The molecule has 0 saturated carbocycles. The van der Waals surface area contributed by atoms with Crippen LogP contribution in [0.5, 0.6) is 11.5 Å². The van der Waals surface area contributed by atoms with E-state index in [-0.39, 0.29) is 6.10 Å². The number of aryl methyl sites for hydroxylation is 1. The monoisotopic (exact) mass is 316 g/mol. The standard InChI is InChI=1S/C17H24N4O2/c1-3-16-18-17(20-19-16)12-21-10-8-13(9-11-21)23-15-7-5-4-6-14(15)22-2/h4-7,13H,3,8-12H2,1-2H3,(H,18,19,20). The second-order valence-electron chi connectivity index (χ2n) is 5.80.